The first-order chi connectivity index (χ1) is 11.5. The summed E-state index contributed by atoms with van der Waals surface area (Å²) in [6, 6.07) is 10.2. The second-order valence-electron chi connectivity index (χ2n) is 4.58. The Hall–Kier alpha value is -2.06. The minimum absolute atomic E-state index is 0.0330. The molecule has 0 saturated carbocycles. The molecule has 0 fully saturated rings. The SMILES string of the molecule is COc1ccc(OCC(=O)NN=Cc2cc(Br)cc(Br)c2O)cc1. The molecule has 1 amide bonds. The fraction of sp³-hybridized carbons (Fsp3) is 0.125. The van der Waals surface area contributed by atoms with E-state index < -0.39 is 5.91 Å². The van der Waals surface area contributed by atoms with E-state index in [0.29, 0.717) is 21.5 Å². The number of ether oxygens (including phenoxy) is 2. The van der Waals surface area contributed by atoms with Crippen LogP contribution in [0.3, 0.4) is 0 Å². The molecule has 126 valence electrons. The van der Waals surface area contributed by atoms with Crippen molar-refractivity contribution in [2.75, 3.05) is 13.7 Å². The van der Waals surface area contributed by atoms with Crippen molar-refractivity contribution in [1.29, 1.82) is 0 Å². The first kappa shape index (κ1) is 18.3. The van der Waals surface area contributed by atoms with Crippen LogP contribution in [0.5, 0.6) is 17.2 Å². The van der Waals surface area contributed by atoms with Gasteiger partial charge in [0.1, 0.15) is 17.2 Å². The molecular weight excluding hydrogens is 444 g/mol. The van der Waals surface area contributed by atoms with Crippen LogP contribution < -0.4 is 14.9 Å². The number of rotatable bonds is 6. The molecule has 8 heteroatoms. The number of carbonyl (C=O) groups is 1. The van der Waals surface area contributed by atoms with Crippen LogP contribution in [0.1, 0.15) is 5.56 Å². The normalized spacial score (nSPS) is 10.6. The summed E-state index contributed by atoms with van der Waals surface area (Å²) in [6.45, 7) is -0.183. The zero-order chi connectivity index (χ0) is 17.5. The molecule has 0 saturated heterocycles. The summed E-state index contributed by atoms with van der Waals surface area (Å²) < 4.78 is 11.6. The number of hydrazone groups is 1. The lowest BCUT2D eigenvalue weighted by Gasteiger charge is -2.06. The van der Waals surface area contributed by atoms with Crippen molar-refractivity contribution in [2.45, 2.75) is 0 Å². The van der Waals surface area contributed by atoms with Gasteiger partial charge in [-0.3, -0.25) is 4.79 Å². The zero-order valence-electron chi connectivity index (χ0n) is 12.6. The molecule has 0 radical (unpaired) electrons. The van der Waals surface area contributed by atoms with Crippen molar-refractivity contribution in [3.8, 4) is 17.2 Å². The highest BCUT2D eigenvalue weighted by Gasteiger charge is 2.06. The fourth-order valence-electron chi connectivity index (χ4n) is 1.71. The average molecular weight is 458 g/mol. The third-order valence-corrected chi connectivity index (χ3v) is 3.94. The van der Waals surface area contributed by atoms with E-state index in [0.717, 1.165) is 4.47 Å². The van der Waals surface area contributed by atoms with Gasteiger partial charge in [-0.1, -0.05) is 15.9 Å². The van der Waals surface area contributed by atoms with Crippen LogP contribution >= 0.6 is 31.9 Å². The third-order valence-electron chi connectivity index (χ3n) is 2.88. The van der Waals surface area contributed by atoms with Crippen LogP contribution in [0, 0.1) is 0 Å². The topological polar surface area (TPSA) is 80.2 Å². The summed E-state index contributed by atoms with van der Waals surface area (Å²) in [7, 11) is 1.57. The van der Waals surface area contributed by atoms with E-state index in [1.807, 2.05) is 0 Å². The molecule has 0 spiro atoms. The van der Waals surface area contributed by atoms with Crippen molar-refractivity contribution >= 4 is 44.0 Å². The van der Waals surface area contributed by atoms with Gasteiger partial charge in [0.2, 0.25) is 0 Å². The lowest BCUT2D eigenvalue weighted by molar-refractivity contribution is -0.123. The predicted octanol–water partition coefficient (Wildman–Crippen LogP) is 3.45. The van der Waals surface area contributed by atoms with E-state index in [9.17, 15) is 9.90 Å². The number of nitrogens with one attached hydrogen (secondary N) is 1. The van der Waals surface area contributed by atoms with Crippen molar-refractivity contribution < 1.29 is 19.4 Å². The van der Waals surface area contributed by atoms with Crippen molar-refractivity contribution in [3.05, 3.63) is 50.9 Å². The van der Waals surface area contributed by atoms with E-state index in [4.69, 9.17) is 9.47 Å². The van der Waals surface area contributed by atoms with Crippen LogP contribution in [-0.2, 0) is 4.79 Å². The Morgan fingerprint density at radius 2 is 1.92 bits per heavy atom. The summed E-state index contributed by atoms with van der Waals surface area (Å²) in [5.74, 6) is 0.862. The first-order valence-electron chi connectivity index (χ1n) is 6.76. The van der Waals surface area contributed by atoms with E-state index in [-0.39, 0.29) is 12.4 Å². The molecule has 6 nitrogen and oxygen atoms in total. The Balaban J connectivity index is 1.86. The van der Waals surface area contributed by atoms with Gasteiger partial charge in [-0.25, -0.2) is 5.43 Å². The second-order valence-corrected chi connectivity index (χ2v) is 6.35. The van der Waals surface area contributed by atoms with E-state index >= 15 is 0 Å². The summed E-state index contributed by atoms with van der Waals surface area (Å²) >= 11 is 6.53. The molecule has 0 atom stereocenters. The van der Waals surface area contributed by atoms with Crippen LogP contribution in [-0.4, -0.2) is 30.9 Å². The molecule has 0 heterocycles. The smallest absolute Gasteiger partial charge is 0.277 e. The number of amides is 1. The maximum absolute atomic E-state index is 11.7. The van der Waals surface area contributed by atoms with Gasteiger partial charge < -0.3 is 14.6 Å². The molecule has 2 aromatic rings. The number of phenolic OH excluding ortho intramolecular Hbond substituents is 1. The lowest BCUT2D eigenvalue weighted by atomic mass is 10.2. The number of halogens is 2. The van der Waals surface area contributed by atoms with Gasteiger partial charge in [-0.2, -0.15) is 5.10 Å². The van der Waals surface area contributed by atoms with Crippen molar-refractivity contribution in [1.82, 2.24) is 5.43 Å². The molecular formula is C16H14Br2N2O4. The Bertz CT molecular complexity index is 748. The van der Waals surface area contributed by atoms with Crippen LogP contribution in [0.15, 0.2) is 50.4 Å². The van der Waals surface area contributed by atoms with Crippen molar-refractivity contribution in [2.24, 2.45) is 5.10 Å². The molecule has 0 aromatic heterocycles. The highest BCUT2D eigenvalue weighted by atomic mass is 79.9. The maximum atomic E-state index is 11.7. The van der Waals surface area contributed by atoms with Gasteiger partial charge >= 0.3 is 0 Å². The molecule has 0 aliphatic rings. The van der Waals surface area contributed by atoms with Gasteiger partial charge in [-0.05, 0) is 52.3 Å². The van der Waals surface area contributed by atoms with E-state index in [1.165, 1.54) is 6.21 Å². The van der Waals surface area contributed by atoms with E-state index in [2.05, 4.69) is 42.4 Å². The van der Waals surface area contributed by atoms with Gasteiger partial charge in [0, 0.05) is 10.0 Å². The number of methoxy groups -OCH3 is 1. The van der Waals surface area contributed by atoms with E-state index in [1.54, 1.807) is 43.5 Å². The summed E-state index contributed by atoms with van der Waals surface area (Å²) in [5.41, 5.74) is 2.78. The Kier molecular flexibility index (Phi) is 6.62. The molecule has 0 bridgehead atoms. The zero-order valence-corrected chi connectivity index (χ0v) is 15.8. The average Bonchev–Trinajstić information content (AvgIpc) is 2.57. The largest absolute Gasteiger partial charge is 0.506 e. The summed E-state index contributed by atoms with van der Waals surface area (Å²) in [4.78, 5) is 11.7. The standard InChI is InChI=1S/C16H14Br2N2O4/c1-23-12-2-4-13(5-3-12)24-9-15(21)20-19-8-10-6-11(17)7-14(18)16(10)22/h2-8,22H,9H2,1H3,(H,20,21). The molecule has 0 aliphatic carbocycles. The highest BCUT2D eigenvalue weighted by molar-refractivity contribution is 9.11. The molecule has 24 heavy (non-hydrogen) atoms. The second kappa shape index (κ2) is 8.70. The fourth-order valence-corrected chi connectivity index (χ4v) is 2.97. The minimum atomic E-state index is -0.421. The van der Waals surface area contributed by atoms with Crippen LogP contribution in [0.25, 0.3) is 0 Å². The Morgan fingerprint density at radius 3 is 2.58 bits per heavy atom. The third kappa shape index (κ3) is 5.24. The minimum Gasteiger partial charge on any atom is -0.506 e. The molecule has 2 N–H and O–H groups in total. The predicted molar refractivity (Wildman–Crippen MR) is 97.7 cm³/mol. The number of carbonyl (C=O) groups excluding carboxylic acids is 1. The lowest BCUT2D eigenvalue weighted by Crippen LogP contribution is -2.24. The number of hydrogen-bond donors (Lipinski definition) is 2. The molecule has 0 aliphatic heterocycles. The molecule has 0 unspecified atom stereocenters. The quantitative estimate of drug-likeness (QED) is 0.514. The van der Waals surface area contributed by atoms with Gasteiger partial charge in [0.05, 0.1) is 17.8 Å². The number of phenols is 1. The molecule has 2 aromatic carbocycles. The maximum Gasteiger partial charge on any atom is 0.277 e. The monoisotopic (exact) mass is 456 g/mol. The van der Waals surface area contributed by atoms with Crippen LogP contribution in [0.4, 0.5) is 0 Å². The van der Waals surface area contributed by atoms with Crippen molar-refractivity contribution in [3.63, 3.8) is 0 Å². The Labute approximate surface area is 155 Å². The Morgan fingerprint density at radius 1 is 1.25 bits per heavy atom. The summed E-state index contributed by atoms with van der Waals surface area (Å²) in [6.07, 6.45) is 1.34. The number of hydrogen-bond acceptors (Lipinski definition) is 5. The van der Waals surface area contributed by atoms with Gasteiger partial charge in [-0.15, -0.1) is 0 Å². The number of aromatic hydroxyl groups is 1. The van der Waals surface area contributed by atoms with Gasteiger partial charge in [0.25, 0.3) is 5.91 Å². The number of nitrogens with zero attached hydrogens (tertiary/aromatic N) is 1. The van der Waals surface area contributed by atoms with Gasteiger partial charge in [0.15, 0.2) is 6.61 Å². The van der Waals surface area contributed by atoms with Crippen LogP contribution in [0.2, 0.25) is 0 Å². The first-order valence-corrected chi connectivity index (χ1v) is 8.35. The number of benzene rings is 2. The summed E-state index contributed by atoms with van der Waals surface area (Å²) in [5, 5.41) is 13.7. The highest BCUT2D eigenvalue weighted by Crippen LogP contribution is 2.30. The molecule has 2 rings (SSSR count).